The summed E-state index contributed by atoms with van der Waals surface area (Å²) in [5.74, 6) is -0.625. The van der Waals surface area contributed by atoms with E-state index in [1.54, 1.807) is 0 Å². The second-order valence-corrected chi connectivity index (χ2v) is 22.9. The number of quaternary nitrogens is 1. The number of nitrogens with zero attached hydrogens (tertiary/aromatic N) is 1. The molecular weight excluding hydrogens is 976 g/mol. The Balaban J connectivity index is 5.44. The molecule has 1 amide bonds. The van der Waals surface area contributed by atoms with Gasteiger partial charge in [0.15, 0.2) is 0 Å². The van der Waals surface area contributed by atoms with Crippen LogP contribution < -0.4 is 10.2 Å². The molecule has 0 heterocycles. The van der Waals surface area contributed by atoms with Crippen LogP contribution >= 0.6 is 7.82 Å². The predicted octanol–water partition coefficient (Wildman–Crippen LogP) is 18.5. The molecule has 0 saturated carbocycles. The number of phosphoric acid groups is 1. The lowest BCUT2D eigenvalue weighted by Crippen LogP contribution is -2.47. The van der Waals surface area contributed by atoms with Crippen molar-refractivity contribution >= 4 is 19.7 Å². The average Bonchev–Trinajstić information content (AvgIpc) is 3.39. The van der Waals surface area contributed by atoms with Crippen LogP contribution in [-0.4, -0.2) is 69.4 Å². The van der Waals surface area contributed by atoms with Crippen molar-refractivity contribution in [3.05, 3.63) is 122 Å². The Labute approximate surface area is 473 Å². The second kappa shape index (κ2) is 55.7. The first-order valence-corrected chi connectivity index (χ1v) is 32.3. The van der Waals surface area contributed by atoms with Crippen LogP contribution in [-0.2, 0) is 27.9 Å². The van der Waals surface area contributed by atoms with Gasteiger partial charge in [-0.3, -0.25) is 14.2 Å². The van der Waals surface area contributed by atoms with Crippen LogP contribution in [0.25, 0.3) is 0 Å². The number of hydrogen-bond acceptors (Lipinski definition) is 7. The lowest BCUT2D eigenvalue weighted by atomic mass is 10.0. The van der Waals surface area contributed by atoms with E-state index in [4.69, 9.17) is 13.8 Å². The molecule has 0 spiro atoms. The van der Waals surface area contributed by atoms with Gasteiger partial charge >= 0.3 is 5.97 Å². The van der Waals surface area contributed by atoms with Gasteiger partial charge in [0, 0.05) is 12.8 Å². The van der Waals surface area contributed by atoms with Crippen LogP contribution in [0.15, 0.2) is 122 Å². The molecule has 0 bridgehead atoms. The van der Waals surface area contributed by atoms with E-state index < -0.39 is 32.5 Å². The smallest absolute Gasteiger partial charge is 0.306 e. The zero-order valence-corrected chi connectivity index (χ0v) is 51.0. The lowest BCUT2D eigenvalue weighted by Gasteiger charge is -2.30. The Morgan fingerprint density at radius 3 is 1.29 bits per heavy atom. The fraction of sp³-hybridized carbons (Fsp3) is 0.672. The molecule has 0 rings (SSSR count). The first-order chi connectivity index (χ1) is 37.4. The molecule has 0 aromatic heterocycles. The topological polar surface area (TPSA) is 114 Å². The first-order valence-electron chi connectivity index (χ1n) is 30.8. The van der Waals surface area contributed by atoms with E-state index in [-0.39, 0.29) is 25.4 Å². The molecule has 440 valence electrons. The van der Waals surface area contributed by atoms with Crippen LogP contribution in [0, 0.1) is 0 Å². The summed E-state index contributed by atoms with van der Waals surface area (Å²) >= 11 is 0. The highest BCUT2D eigenvalue weighted by molar-refractivity contribution is 7.45. The van der Waals surface area contributed by atoms with E-state index in [0.717, 1.165) is 109 Å². The molecule has 0 aromatic carbocycles. The highest BCUT2D eigenvalue weighted by atomic mass is 31.2. The average molecular weight is 1090 g/mol. The first kappa shape index (κ1) is 73.4. The second-order valence-electron chi connectivity index (χ2n) is 21.5. The zero-order chi connectivity index (χ0) is 56.4. The van der Waals surface area contributed by atoms with Gasteiger partial charge in [-0.05, 0) is 122 Å². The van der Waals surface area contributed by atoms with Crippen molar-refractivity contribution in [3.8, 4) is 0 Å². The van der Waals surface area contributed by atoms with E-state index >= 15 is 0 Å². The van der Waals surface area contributed by atoms with Crippen molar-refractivity contribution < 1.29 is 37.3 Å². The number of esters is 1. The molecule has 3 atom stereocenters. The highest BCUT2D eigenvalue weighted by Crippen LogP contribution is 2.38. The summed E-state index contributed by atoms with van der Waals surface area (Å²) in [4.78, 5) is 40.0. The fourth-order valence-electron chi connectivity index (χ4n) is 8.12. The summed E-state index contributed by atoms with van der Waals surface area (Å²) in [5.41, 5.74) is 0. The van der Waals surface area contributed by atoms with E-state index in [1.807, 2.05) is 33.3 Å². The van der Waals surface area contributed by atoms with Crippen molar-refractivity contribution in [1.82, 2.24) is 5.32 Å². The summed E-state index contributed by atoms with van der Waals surface area (Å²) < 4.78 is 30.3. The molecule has 0 aliphatic carbocycles. The van der Waals surface area contributed by atoms with E-state index in [0.29, 0.717) is 23.9 Å². The number of unbranched alkanes of at least 4 members (excludes halogenated alkanes) is 20. The minimum atomic E-state index is -4.72. The van der Waals surface area contributed by atoms with Crippen molar-refractivity contribution in [1.29, 1.82) is 0 Å². The van der Waals surface area contributed by atoms with Crippen LogP contribution in [0.3, 0.4) is 0 Å². The maximum absolute atomic E-state index is 13.5. The number of likely N-dealkylation sites (N-methyl/N-ethyl adjacent to an activating group) is 1. The standard InChI is InChI=1S/C67H115N2O7P/c1-7-10-13-16-19-22-25-28-30-32-33-34-35-37-39-42-45-48-51-54-57-60-67(71)76-65(58-55-52-49-46-43-40-27-24-21-18-15-12-9-3)64(63-75-77(72,73)74-62-61-69(4,5)6)68-66(70)59-56-53-50-47-44-41-38-36-31-29-26-23-20-17-14-11-8-2/h10,13,19-20,22-23,28-31,33-34,37-39,41,45,48,55,58,64-65H,7-9,11-12,14-18,21,24-27,32,35-36,40,42-44,46-47,49-54,56-57,59-63H2,1-6H3,(H-,68,70,72,73)/b13-10-,22-19-,23-20-,30-28-,31-29-,34-33-,39-37-,41-38-,48-45-,58-55+. The van der Waals surface area contributed by atoms with Crippen molar-refractivity contribution in [2.24, 2.45) is 0 Å². The highest BCUT2D eigenvalue weighted by Gasteiger charge is 2.27. The number of nitrogens with one attached hydrogen (secondary N) is 1. The van der Waals surface area contributed by atoms with Gasteiger partial charge in [-0.25, -0.2) is 0 Å². The number of rotatable bonds is 54. The van der Waals surface area contributed by atoms with Crippen molar-refractivity contribution in [3.63, 3.8) is 0 Å². The quantitative estimate of drug-likeness (QED) is 0.0212. The molecular formula is C67H115N2O7P. The van der Waals surface area contributed by atoms with Crippen molar-refractivity contribution in [2.75, 3.05) is 40.9 Å². The van der Waals surface area contributed by atoms with Crippen LogP contribution in [0.5, 0.6) is 0 Å². The largest absolute Gasteiger partial charge is 0.756 e. The summed E-state index contributed by atoms with van der Waals surface area (Å²) in [7, 11) is 1.13. The minimum absolute atomic E-state index is 0.0406. The normalized spacial score (nSPS) is 14.5. The third kappa shape index (κ3) is 56.9. The van der Waals surface area contributed by atoms with Crippen molar-refractivity contribution in [2.45, 2.75) is 251 Å². The minimum Gasteiger partial charge on any atom is -0.756 e. The lowest BCUT2D eigenvalue weighted by molar-refractivity contribution is -0.870. The van der Waals surface area contributed by atoms with Gasteiger partial charge in [0.25, 0.3) is 7.82 Å². The monoisotopic (exact) mass is 1090 g/mol. The van der Waals surface area contributed by atoms with Gasteiger partial charge in [0.2, 0.25) is 5.91 Å². The Hall–Kier alpha value is -3.59. The Bertz CT molecular complexity index is 1730. The number of carbonyl (C=O) groups is 2. The molecule has 0 aromatic rings. The summed E-state index contributed by atoms with van der Waals surface area (Å²) in [6, 6.07) is -0.927. The molecule has 0 fully saturated rings. The summed E-state index contributed by atoms with van der Waals surface area (Å²) in [6.07, 6.45) is 77.3. The van der Waals surface area contributed by atoms with Gasteiger partial charge in [-0.2, -0.15) is 0 Å². The van der Waals surface area contributed by atoms with Crippen LogP contribution in [0.2, 0.25) is 0 Å². The van der Waals surface area contributed by atoms with Crippen LogP contribution in [0.1, 0.15) is 239 Å². The number of phosphoric ester groups is 1. The van der Waals surface area contributed by atoms with Gasteiger partial charge < -0.3 is 28.5 Å². The Morgan fingerprint density at radius 2 is 0.831 bits per heavy atom. The number of amides is 1. The Kier molecular flexibility index (Phi) is 53.1. The zero-order valence-electron chi connectivity index (χ0n) is 50.1. The third-order valence-corrected chi connectivity index (χ3v) is 13.8. The number of ether oxygens (including phenoxy) is 1. The third-order valence-electron chi connectivity index (χ3n) is 12.9. The molecule has 1 N–H and O–H groups in total. The van der Waals surface area contributed by atoms with Gasteiger partial charge in [-0.15, -0.1) is 0 Å². The SMILES string of the molecule is CC/C=C\C/C=C\C/C=C\C/C=C\C/C=C\C/C=C\CCCCC(=O)OC(/C=C/CCCCCCCCCCCCC)C(COP(=O)([O-])OCC[N+](C)(C)C)NC(=O)CCCCCC/C=C\C/C=C\C/C=C\CCCCC. The van der Waals surface area contributed by atoms with Gasteiger partial charge in [0.05, 0.1) is 33.8 Å². The molecule has 0 saturated heterocycles. The molecule has 77 heavy (non-hydrogen) atoms. The van der Waals surface area contributed by atoms with E-state index in [1.165, 1.54) is 83.5 Å². The molecule has 0 radical (unpaired) electrons. The maximum atomic E-state index is 13.5. The van der Waals surface area contributed by atoms with Gasteiger partial charge in [-0.1, -0.05) is 226 Å². The Morgan fingerprint density at radius 1 is 0.468 bits per heavy atom. The molecule has 0 aliphatic heterocycles. The molecule has 0 aliphatic rings. The number of carbonyl (C=O) groups excluding carboxylic acids is 2. The predicted molar refractivity (Wildman–Crippen MR) is 330 cm³/mol. The summed E-state index contributed by atoms with van der Waals surface area (Å²) in [6.45, 7) is 6.64. The molecule has 9 nitrogen and oxygen atoms in total. The number of allylic oxidation sites excluding steroid dienone is 19. The number of hydrogen-bond donors (Lipinski definition) is 1. The van der Waals surface area contributed by atoms with Crippen LogP contribution in [0.4, 0.5) is 0 Å². The van der Waals surface area contributed by atoms with E-state index in [2.05, 4.69) is 135 Å². The fourth-order valence-corrected chi connectivity index (χ4v) is 8.84. The molecule has 10 heteroatoms. The summed E-state index contributed by atoms with van der Waals surface area (Å²) in [5, 5.41) is 3.00. The van der Waals surface area contributed by atoms with Gasteiger partial charge in [0.1, 0.15) is 19.3 Å². The van der Waals surface area contributed by atoms with E-state index in [9.17, 15) is 19.0 Å². The maximum Gasteiger partial charge on any atom is 0.306 e. The molecule has 3 unspecified atom stereocenters.